The predicted octanol–water partition coefficient (Wildman–Crippen LogP) is 1.64. The SMILES string of the molecule is NCCc1cnc(Cc2ccccc2F)[nH]1. The van der Waals surface area contributed by atoms with Gasteiger partial charge in [0, 0.05) is 24.7 Å². The van der Waals surface area contributed by atoms with Crippen molar-refractivity contribution in [1.82, 2.24) is 9.97 Å². The lowest BCUT2D eigenvalue weighted by Gasteiger charge is -1.99. The number of H-pyrrole nitrogens is 1. The molecule has 3 nitrogen and oxygen atoms in total. The summed E-state index contributed by atoms with van der Waals surface area (Å²) in [5.74, 6) is 0.577. The van der Waals surface area contributed by atoms with E-state index in [9.17, 15) is 4.39 Å². The highest BCUT2D eigenvalue weighted by molar-refractivity contribution is 5.21. The van der Waals surface area contributed by atoms with E-state index in [0.717, 1.165) is 17.9 Å². The summed E-state index contributed by atoms with van der Waals surface area (Å²) in [5.41, 5.74) is 7.08. The number of halogens is 1. The molecular weight excluding hydrogens is 205 g/mol. The van der Waals surface area contributed by atoms with Gasteiger partial charge in [0.15, 0.2) is 0 Å². The van der Waals surface area contributed by atoms with Crippen LogP contribution in [-0.4, -0.2) is 16.5 Å². The van der Waals surface area contributed by atoms with Crippen LogP contribution in [0, 0.1) is 5.82 Å². The van der Waals surface area contributed by atoms with Crippen molar-refractivity contribution in [1.29, 1.82) is 0 Å². The number of aromatic amines is 1. The van der Waals surface area contributed by atoms with Gasteiger partial charge in [-0.25, -0.2) is 9.37 Å². The zero-order valence-electron chi connectivity index (χ0n) is 8.91. The summed E-state index contributed by atoms with van der Waals surface area (Å²) in [5, 5.41) is 0. The van der Waals surface area contributed by atoms with Gasteiger partial charge in [0.1, 0.15) is 11.6 Å². The largest absolute Gasteiger partial charge is 0.346 e. The summed E-state index contributed by atoms with van der Waals surface area (Å²) >= 11 is 0. The molecule has 1 aromatic carbocycles. The second kappa shape index (κ2) is 4.90. The molecule has 0 aliphatic heterocycles. The van der Waals surface area contributed by atoms with Crippen LogP contribution in [0.1, 0.15) is 17.1 Å². The Morgan fingerprint density at radius 3 is 2.88 bits per heavy atom. The lowest BCUT2D eigenvalue weighted by Crippen LogP contribution is -2.03. The van der Waals surface area contributed by atoms with Crippen LogP contribution in [0.2, 0.25) is 0 Å². The zero-order chi connectivity index (χ0) is 11.4. The molecule has 0 aliphatic carbocycles. The fourth-order valence-electron chi connectivity index (χ4n) is 1.60. The Balaban J connectivity index is 2.11. The lowest BCUT2D eigenvalue weighted by molar-refractivity contribution is 0.612. The Morgan fingerprint density at radius 1 is 1.31 bits per heavy atom. The molecule has 3 N–H and O–H groups in total. The van der Waals surface area contributed by atoms with E-state index >= 15 is 0 Å². The molecule has 0 radical (unpaired) electrons. The standard InChI is InChI=1S/C12H14FN3/c13-11-4-2-1-3-9(11)7-12-15-8-10(16-12)5-6-14/h1-4,8H,5-7,14H2,(H,15,16). The van der Waals surface area contributed by atoms with E-state index in [1.165, 1.54) is 6.07 Å². The van der Waals surface area contributed by atoms with Gasteiger partial charge in [-0.3, -0.25) is 0 Å². The first-order chi connectivity index (χ1) is 7.79. The average molecular weight is 219 g/mol. The molecule has 0 saturated heterocycles. The number of aromatic nitrogens is 2. The van der Waals surface area contributed by atoms with E-state index in [0.29, 0.717) is 18.5 Å². The molecule has 1 aromatic heterocycles. The normalized spacial score (nSPS) is 10.6. The summed E-state index contributed by atoms with van der Waals surface area (Å²) in [6, 6.07) is 6.72. The Labute approximate surface area is 93.5 Å². The fourth-order valence-corrected chi connectivity index (χ4v) is 1.60. The molecular formula is C12H14FN3. The van der Waals surface area contributed by atoms with Crippen molar-refractivity contribution in [2.45, 2.75) is 12.8 Å². The topological polar surface area (TPSA) is 54.7 Å². The number of nitrogens with zero attached hydrogens (tertiary/aromatic N) is 1. The van der Waals surface area contributed by atoms with Gasteiger partial charge in [-0.05, 0) is 18.2 Å². The van der Waals surface area contributed by atoms with Crippen LogP contribution in [0.25, 0.3) is 0 Å². The van der Waals surface area contributed by atoms with E-state index in [-0.39, 0.29) is 5.82 Å². The molecule has 84 valence electrons. The highest BCUT2D eigenvalue weighted by Crippen LogP contribution is 2.11. The minimum absolute atomic E-state index is 0.195. The van der Waals surface area contributed by atoms with Crippen molar-refractivity contribution in [3.63, 3.8) is 0 Å². The van der Waals surface area contributed by atoms with Crippen molar-refractivity contribution in [2.75, 3.05) is 6.54 Å². The van der Waals surface area contributed by atoms with Crippen LogP contribution < -0.4 is 5.73 Å². The number of nitrogens with one attached hydrogen (secondary N) is 1. The molecule has 0 aliphatic rings. The van der Waals surface area contributed by atoms with Crippen LogP contribution in [0.3, 0.4) is 0 Å². The Bertz CT molecular complexity index is 465. The first kappa shape index (κ1) is 10.8. The van der Waals surface area contributed by atoms with Crippen LogP contribution >= 0.6 is 0 Å². The molecule has 0 amide bonds. The number of benzene rings is 1. The summed E-state index contributed by atoms with van der Waals surface area (Å²) < 4.78 is 13.4. The molecule has 0 atom stereocenters. The van der Waals surface area contributed by atoms with Gasteiger partial charge in [0.2, 0.25) is 0 Å². The van der Waals surface area contributed by atoms with Gasteiger partial charge in [-0.2, -0.15) is 0 Å². The van der Waals surface area contributed by atoms with Crippen molar-refractivity contribution in [3.05, 3.63) is 53.4 Å². The summed E-state index contributed by atoms with van der Waals surface area (Å²) in [7, 11) is 0. The molecule has 2 rings (SSSR count). The highest BCUT2D eigenvalue weighted by Gasteiger charge is 2.05. The van der Waals surface area contributed by atoms with Crippen LogP contribution in [0.5, 0.6) is 0 Å². The van der Waals surface area contributed by atoms with Crippen LogP contribution in [-0.2, 0) is 12.8 Å². The highest BCUT2D eigenvalue weighted by atomic mass is 19.1. The summed E-state index contributed by atoms with van der Waals surface area (Å²) in [6.45, 7) is 0.585. The van der Waals surface area contributed by atoms with E-state index in [2.05, 4.69) is 9.97 Å². The van der Waals surface area contributed by atoms with Crippen molar-refractivity contribution >= 4 is 0 Å². The molecule has 0 fully saturated rings. The average Bonchev–Trinajstić information content (AvgIpc) is 2.70. The first-order valence-electron chi connectivity index (χ1n) is 5.26. The molecule has 2 aromatic rings. The minimum atomic E-state index is -0.195. The molecule has 4 heteroatoms. The Morgan fingerprint density at radius 2 is 2.12 bits per heavy atom. The lowest BCUT2D eigenvalue weighted by atomic mass is 10.1. The van der Waals surface area contributed by atoms with Gasteiger partial charge in [0.25, 0.3) is 0 Å². The summed E-state index contributed by atoms with van der Waals surface area (Å²) in [4.78, 5) is 7.33. The van der Waals surface area contributed by atoms with Crippen molar-refractivity contribution < 1.29 is 4.39 Å². The Hall–Kier alpha value is -1.68. The quantitative estimate of drug-likeness (QED) is 0.821. The van der Waals surface area contributed by atoms with Gasteiger partial charge >= 0.3 is 0 Å². The molecule has 1 heterocycles. The first-order valence-corrected chi connectivity index (χ1v) is 5.26. The van der Waals surface area contributed by atoms with Crippen molar-refractivity contribution in [2.24, 2.45) is 5.73 Å². The maximum atomic E-state index is 13.4. The van der Waals surface area contributed by atoms with E-state index in [1.807, 2.05) is 6.07 Å². The fraction of sp³-hybridized carbons (Fsp3) is 0.250. The second-order valence-electron chi connectivity index (χ2n) is 3.66. The van der Waals surface area contributed by atoms with Gasteiger partial charge < -0.3 is 10.7 Å². The van der Waals surface area contributed by atoms with Gasteiger partial charge in [0.05, 0.1) is 0 Å². The van der Waals surface area contributed by atoms with Crippen molar-refractivity contribution in [3.8, 4) is 0 Å². The molecule has 0 saturated carbocycles. The number of imidazole rings is 1. The van der Waals surface area contributed by atoms with E-state index in [4.69, 9.17) is 5.73 Å². The maximum absolute atomic E-state index is 13.4. The number of rotatable bonds is 4. The van der Waals surface area contributed by atoms with Crippen LogP contribution in [0.4, 0.5) is 4.39 Å². The maximum Gasteiger partial charge on any atom is 0.126 e. The third kappa shape index (κ3) is 2.46. The van der Waals surface area contributed by atoms with Gasteiger partial charge in [-0.1, -0.05) is 18.2 Å². The predicted molar refractivity (Wildman–Crippen MR) is 60.6 cm³/mol. The minimum Gasteiger partial charge on any atom is -0.346 e. The third-order valence-electron chi connectivity index (χ3n) is 2.41. The summed E-state index contributed by atoms with van der Waals surface area (Å²) in [6.07, 6.45) is 3.00. The van der Waals surface area contributed by atoms with Crippen LogP contribution in [0.15, 0.2) is 30.5 Å². The molecule has 0 bridgehead atoms. The van der Waals surface area contributed by atoms with Gasteiger partial charge in [-0.15, -0.1) is 0 Å². The molecule has 0 unspecified atom stereocenters. The molecule has 16 heavy (non-hydrogen) atoms. The monoisotopic (exact) mass is 219 g/mol. The Kier molecular flexibility index (Phi) is 3.31. The van der Waals surface area contributed by atoms with E-state index < -0.39 is 0 Å². The second-order valence-corrected chi connectivity index (χ2v) is 3.66. The molecule has 0 spiro atoms. The number of nitrogens with two attached hydrogens (primary N) is 1. The number of hydrogen-bond donors (Lipinski definition) is 2. The van der Waals surface area contributed by atoms with E-state index in [1.54, 1.807) is 18.3 Å². The number of hydrogen-bond acceptors (Lipinski definition) is 2. The smallest absolute Gasteiger partial charge is 0.126 e. The zero-order valence-corrected chi connectivity index (χ0v) is 8.91. The third-order valence-corrected chi connectivity index (χ3v) is 2.41.